The minimum atomic E-state index is -0.636. The van der Waals surface area contributed by atoms with Crippen LogP contribution in [0, 0.1) is 11.3 Å². The standard InChI is InChI=1S/C14H16N2O3/c1-3-18-13-7-5-12(6-8-13)16-10-11(9-15)14(17)19-4-2/h5-8,10,16H,3-4H2,1-2H3. The highest BCUT2D eigenvalue weighted by atomic mass is 16.5. The van der Waals surface area contributed by atoms with Gasteiger partial charge in [-0.3, -0.25) is 0 Å². The lowest BCUT2D eigenvalue weighted by molar-refractivity contribution is -0.138. The predicted molar refractivity (Wildman–Crippen MR) is 71.6 cm³/mol. The maximum Gasteiger partial charge on any atom is 0.350 e. The summed E-state index contributed by atoms with van der Waals surface area (Å²) in [6.45, 7) is 4.44. The van der Waals surface area contributed by atoms with E-state index in [1.165, 1.54) is 6.20 Å². The number of ether oxygens (including phenoxy) is 2. The number of nitriles is 1. The second-order valence-corrected chi connectivity index (χ2v) is 3.49. The van der Waals surface area contributed by atoms with Crippen LogP contribution in [0.2, 0.25) is 0 Å². The van der Waals surface area contributed by atoms with Gasteiger partial charge in [0.1, 0.15) is 11.8 Å². The molecule has 0 saturated heterocycles. The van der Waals surface area contributed by atoms with Crippen LogP contribution >= 0.6 is 0 Å². The normalized spacial score (nSPS) is 10.5. The lowest BCUT2D eigenvalue weighted by atomic mass is 10.3. The van der Waals surface area contributed by atoms with Gasteiger partial charge in [0.25, 0.3) is 0 Å². The van der Waals surface area contributed by atoms with Crippen LogP contribution in [-0.2, 0) is 9.53 Å². The van der Waals surface area contributed by atoms with Crippen LogP contribution in [-0.4, -0.2) is 19.2 Å². The summed E-state index contributed by atoms with van der Waals surface area (Å²) in [6, 6.07) is 8.98. The highest BCUT2D eigenvalue weighted by Gasteiger charge is 2.08. The Morgan fingerprint density at radius 2 is 2.00 bits per heavy atom. The summed E-state index contributed by atoms with van der Waals surface area (Å²) in [4.78, 5) is 11.4. The number of anilines is 1. The fourth-order valence-electron chi connectivity index (χ4n) is 1.32. The van der Waals surface area contributed by atoms with Gasteiger partial charge in [0.05, 0.1) is 13.2 Å². The smallest absolute Gasteiger partial charge is 0.350 e. The number of nitrogens with one attached hydrogen (secondary N) is 1. The van der Waals surface area contributed by atoms with Crippen molar-refractivity contribution in [3.05, 3.63) is 36.0 Å². The van der Waals surface area contributed by atoms with Crippen LogP contribution in [0.25, 0.3) is 0 Å². The lowest BCUT2D eigenvalue weighted by Gasteiger charge is -2.05. The number of hydrogen-bond donors (Lipinski definition) is 1. The van der Waals surface area contributed by atoms with Crippen molar-refractivity contribution in [2.24, 2.45) is 0 Å². The molecule has 0 spiro atoms. The minimum Gasteiger partial charge on any atom is -0.494 e. The molecule has 5 heteroatoms. The fourth-order valence-corrected chi connectivity index (χ4v) is 1.32. The van der Waals surface area contributed by atoms with Crippen molar-refractivity contribution in [2.45, 2.75) is 13.8 Å². The first-order valence-electron chi connectivity index (χ1n) is 5.98. The van der Waals surface area contributed by atoms with Gasteiger partial charge in [0.2, 0.25) is 0 Å². The molecule has 100 valence electrons. The highest BCUT2D eigenvalue weighted by molar-refractivity contribution is 5.93. The Hall–Kier alpha value is -2.48. The molecule has 0 heterocycles. The van der Waals surface area contributed by atoms with E-state index in [0.717, 1.165) is 11.4 Å². The maximum absolute atomic E-state index is 11.4. The van der Waals surface area contributed by atoms with Crippen LogP contribution < -0.4 is 10.1 Å². The fraction of sp³-hybridized carbons (Fsp3) is 0.286. The van der Waals surface area contributed by atoms with Gasteiger partial charge >= 0.3 is 5.97 Å². The minimum absolute atomic E-state index is 0.0734. The van der Waals surface area contributed by atoms with E-state index in [-0.39, 0.29) is 12.2 Å². The van der Waals surface area contributed by atoms with Crippen molar-refractivity contribution >= 4 is 11.7 Å². The largest absolute Gasteiger partial charge is 0.494 e. The molecule has 0 aliphatic carbocycles. The molecule has 0 aromatic heterocycles. The molecule has 1 N–H and O–H groups in total. The van der Waals surface area contributed by atoms with Crippen molar-refractivity contribution in [3.8, 4) is 11.8 Å². The first-order chi connectivity index (χ1) is 9.21. The van der Waals surface area contributed by atoms with Crippen LogP contribution in [0.1, 0.15) is 13.8 Å². The number of rotatable bonds is 6. The summed E-state index contributed by atoms with van der Waals surface area (Å²) in [5.74, 6) is 0.131. The molecular weight excluding hydrogens is 244 g/mol. The zero-order valence-electron chi connectivity index (χ0n) is 11.0. The molecule has 1 aromatic rings. The quantitative estimate of drug-likeness (QED) is 0.483. The second-order valence-electron chi connectivity index (χ2n) is 3.49. The Labute approximate surface area is 112 Å². The van der Waals surface area contributed by atoms with Gasteiger partial charge in [-0.05, 0) is 38.1 Å². The number of nitrogens with zero attached hydrogens (tertiary/aromatic N) is 1. The molecular formula is C14H16N2O3. The average molecular weight is 260 g/mol. The van der Waals surface area contributed by atoms with Gasteiger partial charge in [-0.25, -0.2) is 4.79 Å². The van der Waals surface area contributed by atoms with Crippen LogP contribution in [0.3, 0.4) is 0 Å². The third kappa shape index (κ3) is 4.72. The number of benzene rings is 1. The number of carbonyl (C=O) groups is 1. The second kappa shape index (κ2) is 7.77. The SMILES string of the molecule is CCOC(=O)C(C#N)=CNc1ccc(OCC)cc1. The molecule has 0 fully saturated rings. The third-order valence-corrected chi connectivity index (χ3v) is 2.16. The van der Waals surface area contributed by atoms with E-state index in [1.807, 2.05) is 6.92 Å². The molecule has 1 rings (SSSR count). The van der Waals surface area contributed by atoms with Gasteiger partial charge in [-0.1, -0.05) is 0 Å². The zero-order valence-corrected chi connectivity index (χ0v) is 11.0. The molecule has 0 bridgehead atoms. The molecule has 0 radical (unpaired) electrons. The Kier molecular flexibility index (Phi) is 5.96. The monoisotopic (exact) mass is 260 g/mol. The number of carbonyl (C=O) groups excluding carboxylic acids is 1. The van der Waals surface area contributed by atoms with Crippen molar-refractivity contribution in [1.82, 2.24) is 0 Å². The van der Waals surface area contributed by atoms with Crippen LogP contribution in [0.4, 0.5) is 5.69 Å². The molecule has 0 aliphatic heterocycles. The number of hydrogen-bond acceptors (Lipinski definition) is 5. The Bertz CT molecular complexity index is 486. The molecule has 19 heavy (non-hydrogen) atoms. The first kappa shape index (κ1) is 14.6. The first-order valence-corrected chi connectivity index (χ1v) is 5.98. The van der Waals surface area contributed by atoms with E-state index >= 15 is 0 Å². The summed E-state index contributed by atoms with van der Waals surface area (Å²) in [7, 11) is 0. The van der Waals surface area contributed by atoms with Crippen molar-refractivity contribution in [3.63, 3.8) is 0 Å². The molecule has 1 aromatic carbocycles. The summed E-state index contributed by atoms with van der Waals surface area (Å²) in [5, 5.41) is 11.7. The van der Waals surface area contributed by atoms with Crippen molar-refractivity contribution < 1.29 is 14.3 Å². The van der Waals surface area contributed by atoms with E-state index in [2.05, 4.69) is 5.32 Å². The van der Waals surface area contributed by atoms with Crippen LogP contribution in [0.5, 0.6) is 5.75 Å². The Morgan fingerprint density at radius 3 is 2.53 bits per heavy atom. The molecule has 0 saturated carbocycles. The van der Waals surface area contributed by atoms with Crippen molar-refractivity contribution in [2.75, 3.05) is 18.5 Å². The number of esters is 1. The third-order valence-electron chi connectivity index (χ3n) is 2.16. The van der Waals surface area contributed by atoms with Gasteiger partial charge < -0.3 is 14.8 Å². The maximum atomic E-state index is 11.4. The molecule has 0 atom stereocenters. The van der Waals surface area contributed by atoms with E-state index in [4.69, 9.17) is 14.7 Å². The lowest BCUT2D eigenvalue weighted by Crippen LogP contribution is -2.07. The van der Waals surface area contributed by atoms with E-state index in [9.17, 15) is 4.79 Å². The van der Waals surface area contributed by atoms with Crippen LogP contribution in [0.15, 0.2) is 36.0 Å². The Morgan fingerprint density at radius 1 is 1.32 bits per heavy atom. The van der Waals surface area contributed by atoms with Gasteiger partial charge in [0, 0.05) is 11.9 Å². The summed E-state index contributed by atoms with van der Waals surface area (Å²) >= 11 is 0. The topological polar surface area (TPSA) is 71.4 Å². The van der Waals surface area contributed by atoms with E-state index in [0.29, 0.717) is 6.61 Å². The highest BCUT2D eigenvalue weighted by Crippen LogP contribution is 2.15. The Balaban J connectivity index is 2.68. The zero-order chi connectivity index (χ0) is 14.1. The predicted octanol–water partition coefficient (Wildman–Crippen LogP) is 2.47. The van der Waals surface area contributed by atoms with Gasteiger partial charge in [-0.15, -0.1) is 0 Å². The van der Waals surface area contributed by atoms with Gasteiger partial charge in [0.15, 0.2) is 5.57 Å². The average Bonchev–Trinajstić information content (AvgIpc) is 2.42. The molecule has 0 unspecified atom stereocenters. The summed E-state index contributed by atoms with van der Waals surface area (Å²) < 4.78 is 10.1. The molecule has 5 nitrogen and oxygen atoms in total. The van der Waals surface area contributed by atoms with E-state index in [1.54, 1.807) is 37.3 Å². The summed E-state index contributed by atoms with van der Waals surface area (Å²) in [6.07, 6.45) is 1.33. The van der Waals surface area contributed by atoms with Gasteiger partial charge in [-0.2, -0.15) is 5.26 Å². The van der Waals surface area contributed by atoms with E-state index < -0.39 is 5.97 Å². The summed E-state index contributed by atoms with van der Waals surface area (Å²) in [5.41, 5.74) is 0.677. The molecule has 0 amide bonds. The molecule has 0 aliphatic rings. The van der Waals surface area contributed by atoms with Crippen molar-refractivity contribution in [1.29, 1.82) is 5.26 Å².